The number of aromatic nitrogens is 1. The number of hydrogen-bond donors (Lipinski definition) is 0. The van der Waals surface area contributed by atoms with Crippen molar-refractivity contribution in [1.29, 1.82) is 0 Å². The van der Waals surface area contributed by atoms with E-state index >= 15 is 0 Å². The Hall–Kier alpha value is -1.15. The Morgan fingerprint density at radius 2 is 1.87 bits per heavy atom. The third-order valence-corrected chi connectivity index (χ3v) is 6.85. The van der Waals surface area contributed by atoms with Crippen molar-refractivity contribution < 1.29 is 21.6 Å². The van der Waals surface area contributed by atoms with E-state index in [-0.39, 0.29) is 32.2 Å². The van der Waals surface area contributed by atoms with Crippen molar-refractivity contribution in [2.75, 3.05) is 7.05 Å². The third kappa shape index (κ3) is 4.23. The smallest absolute Gasteiger partial charge is 0.264 e. The van der Waals surface area contributed by atoms with Gasteiger partial charge in [-0.2, -0.15) is 13.2 Å². The Balaban J connectivity index is 2.03. The molecule has 1 heterocycles. The molecule has 1 aliphatic carbocycles. The van der Waals surface area contributed by atoms with E-state index < -0.39 is 27.4 Å². The van der Waals surface area contributed by atoms with Gasteiger partial charge in [-0.25, -0.2) is 12.7 Å². The zero-order valence-electron chi connectivity index (χ0n) is 13.2. The van der Waals surface area contributed by atoms with Gasteiger partial charge in [0.25, 0.3) is 0 Å². The number of nitrogens with zero attached hydrogens (tertiary/aromatic N) is 2. The minimum absolute atomic E-state index is 0.0584. The average Bonchev–Trinajstić information content (AvgIpc) is 2.48. The first kappa shape index (κ1) is 18.2. The van der Waals surface area contributed by atoms with Gasteiger partial charge in [0.15, 0.2) is 0 Å². The molecular formula is C15H21F3N2O2S. The predicted molar refractivity (Wildman–Crippen MR) is 81.2 cm³/mol. The first-order valence-corrected chi connectivity index (χ1v) is 9.04. The van der Waals surface area contributed by atoms with Crippen LogP contribution >= 0.6 is 0 Å². The van der Waals surface area contributed by atoms with Crippen LogP contribution in [0.2, 0.25) is 0 Å². The van der Waals surface area contributed by atoms with Crippen molar-refractivity contribution >= 4 is 10.0 Å². The molecule has 2 rings (SSSR count). The maximum Gasteiger partial charge on any atom is 0.391 e. The molecule has 0 spiro atoms. The fraction of sp³-hybridized carbons (Fsp3) is 0.667. The molecule has 0 saturated heterocycles. The normalized spacial score (nSPS) is 23.2. The highest BCUT2D eigenvalue weighted by molar-refractivity contribution is 7.89. The van der Waals surface area contributed by atoms with Gasteiger partial charge >= 0.3 is 6.18 Å². The minimum atomic E-state index is -4.23. The van der Waals surface area contributed by atoms with E-state index in [0.29, 0.717) is 0 Å². The first-order valence-electron chi connectivity index (χ1n) is 7.53. The fourth-order valence-electron chi connectivity index (χ4n) is 2.93. The third-order valence-electron chi connectivity index (χ3n) is 4.53. The van der Waals surface area contributed by atoms with Crippen LogP contribution in [0, 0.1) is 12.8 Å². The number of hydrogen-bond acceptors (Lipinski definition) is 3. The highest BCUT2D eigenvalue weighted by Crippen LogP contribution is 2.39. The van der Waals surface area contributed by atoms with Gasteiger partial charge in [0.2, 0.25) is 10.0 Å². The molecule has 8 heteroatoms. The summed E-state index contributed by atoms with van der Waals surface area (Å²) in [5.74, 6) is -1.38. The second-order valence-electron chi connectivity index (χ2n) is 6.12. The minimum Gasteiger partial charge on any atom is -0.264 e. The van der Waals surface area contributed by atoms with Crippen molar-refractivity contribution in [3.8, 4) is 0 Å². The Bertz CT molecular complexity index is 638. The number of pyridine rings is 1. The molecule has 0 N–H and O–H groups in total. The maximum absolute atomic E-state index is 12.7. The van der Waals surface area contributed by atoms with Gasteiger partial charge in [0.1, 0.15) is 0 Å². The Morgan fingerprint density at radius 3 is 2.39 bits per heavy atom. The lowest BCUT2D eigenvalue weighted by atomic mass is 9.88. The SMILES string of the molecule is Cc1ccncc1CN(C)S(=O)(=O)C1CCC(C(F)(F)F)CC1. The van der Waals surface area contributed by atoms with Crippen LogP contribution in [0.15, 0.2) is 18.5 Å². The molecule has 130 valence electrons. The van der Waals surface area contributed by atoms with Crippen LogP contribution in [0.25, 0.3) is 0 Å². The zero-order chi connectivity index (χ0) is 17.3. The van der Waals surface area contributed by atoms with Crippen LogP contribution in [-0.2, 0) is 16.6 Å². The Kier molecular flexibility index (Phi) is 5.35. The van der Waals surface area contributed by atoms with Crippen molar-refractivity contribution in [3.05, 3.63) is 29.6 Å². The molecule has 0 atom stereocenters. The van der Waals surface area contributed by atoms with Gasteiger partial charge in [0, 0.05) is 26.0 Å². The number of rotatable bonds is 4. The summed E-state index contributed by atoms with van der Waals surface area (Å²) in [7, 11) is -2.14. The van der Waals surface area contributed by atoms with E-state index in [1.54, 1.807) is 18.5 Å². The van der Waals surface area contributed by atoms with E-state index in [1.165, 1.54) is 11.4 Å². The molecule has 1 aromatic heterocycles. The molecule has 1 aliphatic rings. The number of aryl methyl sites for hydroxylation is 1. The lowest BCUT2D eigenvalue weighted by Crippen LogP contribution is -2.40. The monoisotopic (exact) mass is 350 g/mol. The van der Waals surface area contributed by atoms with Gasteiger partial charge in [-0.1, -0.05) is 0 Å². The predicted octanol–water partition coefficient (Wildman–Crippen LogP) is 3.27. The average molecular weight is 350 g/mol. The summed E-state index contributed by atoms with van der Waals surface area (Å²) in [6.07, 6.45) is -1.10. The summed E-state index contributed by atoms with van der Waals surface area (Å²) < 4.78 is 64.5. The summed E-state index contributed by atoms with van der Waals surface area (Å²) in [5, 5.41) is -0.733. The second-order valence-corrected chi connectivity index (χ2v) is 8.44. The van der Waals surface area contributed by atoms with E-state index in [2.05, 4.69) is 4.98 Å². The highest BCUT2D eigenvalue weighted by atomic mass is 32.2. The van der Waals surface area contributed by atoms with E-state index in [0.717, 1.165) is 11.1 Å². The Morgan fingerprint density at radius 1 is 1.26 bits per heavy atom. The van der Waals surface area contributed by atoms with E-state index in [4.69, 9.17) is 0 Å². The standard InChI is InChI=1S/C15H21F3N2O2S/c1-11-7-8-19-9-12(11)10-20(2)23(21,22)14-5-3-13(4-6-14)15(16,17)18/h7-9,13-14H,3-6,10H2,1-2H3. The lowest BCUT2D eigenvalue weighted by molar-refractivity contribution is -0.181. The van der Waals surface area contributed by atoms with E-state index in [1.807, 2.05) is 6.92 Å². The van der Waals surface area contributed by atoms with Crippen molar-refractivity contribution in [2.24, 2.45) is 5.92 Å². The zero-order valence-corrected chi connectivity index (χ0v) is 14.0. The maximum atomic E-state index is 12.7. The Labute approximate surface area is 134 Å². The van der Waals surface area contributed by atoms with Crippen LogP contribution in [0.1, 0.15) is 36.8 Å². The summed E-state index contributed by atoms with van der Waals surface area (Å²) in [6, 6.07) is 1.80. The van der Waals surface area contributed by atoms with Gasteiger partial charge in [-0.15, -0.1) is 0 Å². The molecule has 1 fully saturated rings. The molecule has 0 unspecified atom stereocenters. The largest absolute Gasteiger partial charge is 0.391 e. The number of sulfonamides is 1. The van der Waals surface area contributed by atoms with Crippen molar-refractivity contribution in [3.63, 3.8) is 0 Å². The molecule has 1 saturated carbocycles. The van der Waals surface area contributed by atoms with Gasteiger partial charge < -0.3 is 0 Å². The molecule has 0 amide bonds. The number of halogens is 3. The quantitative estimate of drug-likeness (QED) is 0.837. The fourth-order valence-corrected chi connectivity index (χ4v) is 4.63. The molecule has 0 aliphatic heterocycles. The molecular weight excluding hydrogens is 329 g/mol. The second kappa shape index (κ2) is 6.76. The lowest BCUT2D eigenvalue weighted by Gasteiger charge is -2.32. The van der Waals surface area contributed by atoms with E-state index in [9.17, 15) is 21.6 Å². The molecule has 0 aromatic carbocycles. The van der Waals surface area contributed by atoms with Crippen LogP contribution in [0.5, 0.6) is 0 Å². The summed E-state index contributed by atoms with van der Waals surface area (Å²) in [6.45, 7) is 2.05. The molecule has 1 aromatic rings. The highest BCUT2D eigenvalue weighted by Gasteiger charge is 2.44. The van der Waals surface area contributed by atoms with Gasteiger partial charge in [0.05, 0.1) is 11.2 Å². The van der Waals surface area contributed by atoms with Gasteiger partial charge in [-0.3, -0.25) is 4.98 Å². The van der Waals surface area contributed by atoms with Crippen LogP contribution in [0.4, 0.5) is 13.2 Å². The summed E-state index contributed by atoms with van der Waals surface area (Å²) in [5.41, 5.74) is 1.73. The molecule has 0 radical (unpaired) electrons. The van der Waals surface area contributed by atoms with Crippen LogP contribution in [-0.4, -0.2) is 36.2 Å². The molecule has 23 heavy (non-hydrogen) atoms. The molecule has 4 nitrogen and oxygen atoms in total. The topological polar surface area (TPSA) is 50.3 Å². The number of alkyl halides is 3. The van der Waals surface area contributed by atoms with Crippen LogP contribution in [0.3, 0.4) is 0 Å². The summed E-state index contributed by atoms with van der Waals surface area (Å²) in [4.78, 5) is 3.98. The van der Waals surface area contributed by atoms with Crippen LogP contribution < -0.4 is 0 Å². The van der Waals surface area contributed by atoms with Crippen molar-refractivity contribution in [2.45, 2.75) is 50.6 Å². The molecule has 0 bridgehead atoms. The summed E-state index contributed by atoms with van der Waals surface area (Å²) >= 11 is 0. The van der Waals surface area contributed by atoms with Crippen molar-refractivity contribution in [1.82, 2.24) is 9.29 Å². The first-order chi connectivity index (χ1) is 10.6. The van der Waals surface area contributed by atoms with Gasteiger partial charge in [-0.05, 0) is 49.8 Å².